The molecule has 1 atom stereocenters. The average molecular weight is 460 g/mol. The van der Waals surface area contributed by atoms with E-state index in [1.807, 2.05) is 30.5 Å². The van der Waals surface area contributed by atoms with Crippen LogP contribution in [-0.4, -0.2) is 37.4 Å². The molecule has 0 aliphatic rings. The Balaban J connectivity index is 2.92. The molecular formula is C27H41NO3S. The third-order valence-corrected chi connectivity index (χ3v) is 6.77. The summed E-state index contributed by atoms with van der Waals surface area (Å²) in [5.74, 6) is 2.07. The Kier molecular flexibility index (Phi) is 8.35. The fourth-order valence-electron chi connectivity index (χ4n) is 3.94. The summed E-state index contributed by atoms with van der Waals surface area (Å²) in [7, 11) is 3.26. The number of benzene rings is 2. The molecule has 0 spiro atoms. The van der Waals surface area contributed by atoms with Crippen LogP contribution in [0.2, 0.25) is 0 Å². The van der Waals surface area contributed by atoms with E-state index in [4.69, 9.17) is 15.2 Å². The molecule has 0 aliphatic carbocycles. The molecule has 0 radical (unpaired) electrons. The molecule has 5 heteroatoms. The standard InChI is InChI=1S/C27H41NO3S/c1-25(2,3)18-10-12-22(30-7)20(16-18)27(29,24(28)14-15-32-9)21-17-19(26(4,5)6)11-13-23(21)31-8/h10-13,16-17,24,29H,14-15,28H2,1-9H3. The van der Waals surface area contributed by atoms with Crippen molar-refractivity contribution in [3.05, 3.63) is 58.7 Å². The fourth-order valence-corrected chi connectivity index (χ4v) is 4.43. The summed E-state index contributed by atoms with van der Waals surface area (Å²) < 4.78 is 11.5. The Bertz CT molecular complexity index is 847. The maximum absolute atomic E-state index is 12.6. The molecule has 0 bridgehead atoms. The summed E-state index contributed by atoms with van der Waals surface area (Å²) in [5.41, 5.74) is 8.67. The molecule has 0 heterocycles. The molecule has 0 amide bonds. The van der Waals surface area contributed by atoms with Crippen LogP contribution in [0, 0.1) is 0 Å². The molecule has 0 aliphatic heterocycles. The third kappa shape index (κ3) is 5.44. The lowest BCUT2D eigenvalue weighted by Gasteiger charge is -2.38. The molecule has 2 aromatic carbocycles. The number of rotatable bonds is 8. The number of thioether (sulfide) groups is 1. The van der Waals surface area contributed by atoms with Crippen LogP contribution in [0.25, 0.3) is 0 Å². The number of methoxy groups -OCH3 is 2. The van der Waals surface area contributed by atoms with Crippen molar-refractivity contribution in [2.45, 2.75) is 70.4 Å². The van der Waals surface area contributed by atoms with Crippen LogP contribution in [0.5, 0.6) is 11.5 Å². The van der Waals surface area contributed by atoms with E-state index in [2.05, 4.69) is 53.7 Å². The zero-order valence-corrected chi connectivity index (χ0v) is 22.0. The zero-order valence-electron chi connectivity index (χ0n) is 21.2. The van der Waals surface area contributed by atoms with Gasteiger partial charge in [-0.3, -0.25) is 0 Å². The van der Waals surface area contributed by atoms with Gasteiger partial charge in [-0.1, -0.05) is 53.7 Å². The minimum atomic E-state index is -1.49. The van der Waals surface area contributed by atoms with Gasteiger partial charge in [0.1, 0.15) is 17.1 Å². The van der Waals surface area contributed by atoms with Crippen molar-refractivity contribution >= 4 is 11.8 Å². The van der Waals surface area contributed by atoms with Gasteiger partial charge in [0.25, 0.3) is 0 Å². The first-order chi connectivity index (χ1) is 14.8. The second-order valence-electron chi connectivity index (χ2n) is 10.5. The Morgan fingerprint density at radius 3 is 1.56 bits per heavy atom. The summed E-state index contributed by atoms with van der Waals surface area (Å²) in [6.45, 7) is 13.0. The lowest BCUT2D eigenvalue weighted by Crippen LogP contribution is -2.47. The van der Waals surface area contributed by atoms with E-state index >= 15 is 0 Å². The van der Waals surface area contributed by atoms with Crippen molar-refractivity contribution in [3.63, 3.8) is 0 Å². The molecule has 2 aromatic rings. The normalized spacial score (nSPS) is 13.7. The fraction of sp³-hybridized carbons (Fsp3) is 0.556. The quantitative estimate of drug-likeness (QED) is 0.537. The van der Waals surface area contributed by atoms with E-state index in [1.165, 1.54) is 0 Å². The van der Waals surface area contributed by atoms with E-state index in [1.54, 1.807) is 26.0 Å². The first-order valence-electron chi connectivity index (χ1n) is 11.2. The summed E-state index contributed by atoms with van der Waals surface area (Å²) in [5, 5.41) is 12.6. The number of ether oxygens (including phenoxy) is 2. The summed E-state index contributed by atoms with van der Waals surface area (Å²) in [6, 6.07) is 11.5. The minimum absolute atomic E-state index is 0.0946. The van der Waals surface area contributed by atoms with Gasteiger partial charge in [0.2, 0.25) is 0 Å². The molecule has 4 nitrogen and oxygen atoms in total. The topological polar surface area (TPSA) is 64.7 Å². The van der Waals surface area contributed by atoms with Crippen molar-refractivity contribution in [1.29, 1.82) is 0 Å². The maximum Gasteiger partial charge on any atom is 0.137 e. The van der Waals surface area contributed by atoms with E-state index in [0.717, 1.165) is 16.9 Å². The van der Waals surface area contributed by atoms with Crippen LogP contribution in [-0.2, 0) is 16.4 Å². The van der Waals surface area contributed by atoms with Gasteiger partial charge in [-0.05, 0) is 64.7 Å². The van der Waals surface area contributed by atoms with Crippen LogP contribution < -0.4 is 15.2 Å². The Morgan fingerprint density at radius 1 is 0.844 bits per heavy atom. The van der Waals surface area contributed by atoms with Crippen molar-refractivity contribution in [2.24, 2.45) is 5.73 Å². The highest BCUT2D eigenvalue weighted by Crippen LogP contribution is 2.45. The van der Waals surface area contributed by atoms with Gasteiger partial charge >= 0.3 is 0 Å². The number of hydrogen-bond donors (Lipinski definition) is 2. The summed E-state index contributed by atoms with van der Waals surface area (Å²) in [4.78, 5) is 0. The SMILES string of the molecule is COc1ccc(C(C)(C)C)cc1C(O)(c1cc(C(C)(C)C)ccc1OC)C(N)CCSC. The molecule has 0 aromatic heterocycles. The van der Waals surface area contributed by atoms with E-state index < -0.39 is 11.6 Å². The van der Waals surface area contributed by atoms with Crippen LogP contribution >= 0.6 is 11.8 Å². The largest absolute Gasteiger partial charge is 0.496 e. The van der Waals surface area contributed by atoms with E-state index in [-0.39, 0.29) is 10.8 Å². The zero-order chi connectivity index (χ0) is 24.3. The van der Waals surface area contributed by atoms with Crippen LogP contribution in [0.15, 0.2) is 36.4 Å². The van der Waals surface area contributed by atoms with Gasteiger partial charge in [-0.2, -0.15) is 11.8 Å². The number of hydrogen-bond acceptors (Lipinski definition) is 5. The average Bonchev–Trinajstić information content (AvgIpc) is 2.74. The molecule has 2 rings (SSSR count). The van der Waals surface area contributed by atoms with Crippen molar-refractivity contribution in [2.75, 3.05) is 26.2 Å². The Labute approximate surface area is 198 Å². The van der Waals surface area contributed by atoms with Crippen LogP contribution in [0.4, 0.5) is 0 Å². The summed E-state index contributed by atoms with van der Waals surface area (Å²) in [6.07, 6.45) is 2.69. The van der Waals surface area contributed by atoms with Crippen molar-refractivity contribution in [3.8, 4) is 11.5 Å². The number of nitrogens with two attached hydrogens (primary N) is 1. The van der Waals surface area contributed by atoms with Gasteiger partial charge in [0.05, 0.1) is 14.2 Å². The highest BCUT2D eigenvalue weighted by molar-refractivity contribution is 7.98. The van der Waals surface area contributed by atoms with Gasteiger partial charge in [0.15, 0.2) is 0 Å². The Morgan fingerprint density at radius 2 is 1.25 bits per heavy atom. The molecule has 0 fully saturated rings. The highest BCUT2D eigenvalue weighted by atomic mass is 32.2. The maximum atomic E-state index is 12.6. The minimum Gasteiger partial charge on any atom is -0.496 e. The smallest absolute Gasteiger partial charge is 0.137 e. The molecule has 32 heavy (non-hydrogen) atoms. The number of aliphatic hydroxyl groups is 1. The second-order valence-corrected chi connectivity index (χ2v) is 11.5. The third-order valence-electron chi connectivity index (χ3n) is 6.12. The molecular weight excluding hydrogens is 418 g/mol. The van der Waals surface area contributed by atoms with E-state index in [9.17, 15) is 5.11 Å². The second kappa shape index (κ2) is 10.1. The lowest BCUT2D eigenvalue weighted by atomic mass is 9.74. The van der Waals surface area contributed by atoms with Crippen molar-refractivity contribution in [1.82, 2.24) is 0 Å². The molecule has 1 unspecified atom stereocenters. The van der Waals surface area contributed by atoms with Gasteiger partial charge in [-0.25, -0.2) is 0 Å². The predicted molar refractivity (Wildman–Crippen MR) is 137 cm³/mol. The first kappa shape index (κ1) is 26.6. The van der Waals surface area contributed by atoms with E-state index in [0.29, 0.717) is 29.0 Å². The molecule has 178 valence electrons. The highest BCUT2D eigenvalue weighted by Gasteiger charge is 2.43. The van der Waals surface area contributed by atoms with Gasteiger partial charge < -0.3 is 20.3 Å². The van der Waals surface area contributed by atoms with Gasteiger partial charge in [0, 0.05) is 17.2 Å². The first-order valence-corrected chi connectivity index (χ1v) is 12.5. The predicted octanol–water partition coefficient (Wildman–Crippen LogP) is 5.62. The van der Waals surface area contributed by atoms with Gasteiger partial charge in [-0.15, -0.1) is 0 Å². The molecule has 3 N–H and O–H groups in total. The summed E-state index contributed by atoms with van der Waals surface area (Å²) >= 11 is 1.72. The Hall–Kier alpha value is -1.69. The van der Waals surface area contributed by atoms with Crippen LogP contribution in [0.1, 0.15) is 70.2 Å². The lowest BCUT2D eigenvalue weighted by molar-refractivity contribution is 0.0455. The monoisotopic (exact) mass is 459 g/mol. The molecule has 0 saturated heterocycles. The van der Waals surface area contributed by atoms with Crippen LogP contribution in [0.3, 0.4) is 0 Å². The van der Waals surface area contributed by atoms with Crippen molar-refractivity contribution < 1.29 is 14.6 Å². The molecule has 0 saturated carbocycles.